The van der Waals surface area contributed by atoms with Gasteiger partial charge in [-0.2, -0.15) is 0 Å². The van der Waals surface area contributed by atoms with Crippen LogP contribution in [0, 0.1) is 10.5 Å². The maximum absolute atomic E-state index is 5.75. The molecule has 1 aromatic heterocycles. The van der Waals surface area contributed by atoms with Gasteiger partial charge in [0, 0.05) is 10.7 Å². The highest BCUT2D eigenvalue weighted by molar-refractivity contribution is 14.1. The normalized spacial score (nSPS) is 10.0. The molecule has 0 amide bonds. The van der Waals surface area contributed by atoms with Gasteiger partial charge in [-0.1, -0.05) is 11.6 Å². The van der Waals surface area contributed by atoms with Crippen LogP contribution in [-0.2, 0) is 0 Å². The van der Waals surface area contributed by atoms with Crippen LogP contribution >= 0.6 is 50.1 Å². The molecular weight excluding hydrogens is 328 g/mol. The number of aromatic nitrogens is 1. The van der Waals surface area contributed by atoms with Crippen LogP contribution < -0.4 is 0 Å². The number of nitrogens with zero attached hydrogens (tertiary/aromatic N) is 1. The van der Waals surface area contributed by atoms with Gasteiger partial charge in [0.05, 0.1) is 3.57 Å². The minimum Gasteiger partial charge on any atom is -0.242 e. The van der Waals surface area contributed by atoms with Crippen molar-refractivity contribution < 1.29 is 0 Å². The number of rotatable bonds is 0. The van der Waals surface area contributed by atoms with Gasteiger partial charge >= 0.3 is 0 Å². The van der Waals surface area contributed by atoms with Crippen LogP contribution in [0.15, 0.2) is 10.7 Å². The van der Waals surface area contributed by atoms with Crippen LogP contribution in [0.5, 0.6) is 0 Å². The van der Waals surface area contributed by atoms with E-state index in [-0.39, 0.29) is 0 Å². The van der Waals surface area contributed by atoms with Crippen LogP contribution in [0.2, 0.25) is 5.15 Å². The average molecular weight is 332 g/mol. The molecule has 0 aliphatic carbocycles. The largest absolute Gasteiger partial charge is 0.242 e. The summed E-state index contributed by atoms with van der Waals surface area (Å²) in [7, 11) is 0. The highest BCUT2D eigenvalue weighted by Crippen LogP contribution is 2.25. The first-order valence-corrected chi connectivity index (χ1v) is 4.84. The highest BCUT2D eigenvalue weighted by atomic mass is 127. The predicted molar refractivity (Wildman–Crippen MR) is 54.4 cm³/mol. The zero-order valence-electron chi connectivity index (χ0n) is 5.16. The Labute approximate surface area is 86.4 Å². The van der Waals surface area contributed by atoms with Gasteiger partial charge in [-0.3, -0.25) is 0 Å². The summed E-state index contributed by atoms with van der Waals surface area (Å²) >= 11 is 11.3. The molecule has 10 heavy (non-hydrogen) atoms. The van der Waals surface area contributed by atoms with Crippen LogP contribution in [0.3, 0.4) is 0 Å². The number of hydrogen-bond donors (Lipinski definition) is 0. The molecule has 0 saturated carbocycles. The molecule has 0 aliphatic heterocycles. The lowest BCUT2D eigenvalue weighted by Gasteiger charge is -2.00. The van der Waals surface area contributed by atoms with Gasteiger partial charge in [0.25, 0.3) is 0 Å². The van der Waals surface area contributed by atoms with Crippen molar-refractivity contribution in [1.29, 1.82) is 0 Å². The summed E-state index contributed by atoms with van der Waals surface area (Å²) in [5, 5.41) is 0.571. The van der Waals surface area contributed by atoms with E-state index in [0.717, 1.165) is 13.6 Å². The highest BCUT2D eigenvalue weighted by Gasteiger charge is 2.03. The molecule has 0 aromatic carbocycles. The Hall–Kier alpha value is 0.650. The lowest BCUT2D eigenvalue weighted by molar-refractivity contribution is 1.23. The van der Waals surface area contributed by atoms with Crippen LogP contribution in [-0.4, -0.2) is 4.98 Å². The summed E-state index contributed by atoms with van der Waals surface area (Å²) in [6.07, 6.45) is 1.71. The standard InChI is InChI=1S/C6H4BrClIN/c1-3-4(7)2-10-6(8)5(3)9/h2H,1H3. The van der Waals surface area contributed by atoms with E-state index >= 15 is 0 Å². The number of pyridine rings is 1. The van der Waals surface area contributed by atoms with Crippen molar-refractivity contribution in [3.05, 3.63) is 25.0 Å². The van der Waals surface area contributed by atoms with Gasteiger partial charge < -0.3 is 0 Å². The molecule has 0 bridgehead atoms. The quantitative estimate of drug-likeness (QED) is 0.524. The van der Waals surface area contributed by atoms with E-state index in [1.807, 2.05) is 6.92 Å². The monoisotopic (exact) mass is 331 g/mol. The third-order valence-electron chi connectivity index (χ3n) is 1.16. The Morgan fingerprint density at radius 1 is 1.70 bits per heavy atom. The maximum atomic E-state index is 5.75. The molecule has 1 rings (SSSR count). The third kappa shape index (κ3) is 1.62. The average Bonchev–Trinajstić information content (AvgIpc) is 1.93. The summed E-state index contributed by atoms with van der Waals surface area (Å²) in [6, 6.07) is 0. The maximum Gasteiger partial charge on any atom is 0.142 e. The minimum atomic E-state index is 0.571. The number of hydrogen-bond acceptors (Lipinski definition) is 1. The van der Waals surface area contributed by atoms with Crippen LogP contribution in [0.4, 0.5) is 0 Å². The van der Waals surface area contributed by atoms with Gasteiger partial charge in [0.15, 0.2) is 0 Å². The third-order valence-corrected chi connectivity index (χ3v) is 3.88. The van der Waals surface area contributed by atoms with Gasteiger partial charge in [0.2, 0.25) is 0 Å². The van der Waals surface area contributed by atoms with Crippen molar-refractivity contribution in [3.8, 4) is 0 Å². The molecule has 1 nitrogen and oxygen atoms in total. The second-order valence-electron chi connectivity index (χ2n) is 1.84. The Kier molecular flexibility index (Phi) is 2.94. The van der Waals surface area contributed by atoms with E-state index in [4.69, 9.17) is 11.6 Å². The zero-order valence-corrected chi connectivity index (χ0v) is 9.66. The molecule has 0 atom stereocenters. The van der Waals surface area contributed by atoms with Crippen molar-refractivity contribution in [3.63, 3.8) is 0 Å². The molecule has 0 unspecified atom stereocenters. The van der Waals surface area contributed by atoms with Gasteiger partial charge in [-0.05, 0) is 51.0 Å². The first-order valence-electron chi connectivity index (χ1n) is 2.59. The first-order chi connectivity index (χ1) is 4.63. The smallest absolute Gasteiger partial charge is 0.142 e. The lowest BCUT2D eigenvalue weighted by atomic mass is 10.3. The Morgan fingerprint density at radius 3 is 2.80 bits per heavy atom. The molecule has 0 radical (unpaired) electrons. The van der Waals surface area contributed by atoms with Crippen molar-refractivity contribution in [1.82, 2.24) is 4.98 Å². The van der Waals surface area contributed by atoms with Crippen molar-refractivity contribution >= 4 is 50.1 Å². The van der Waals surface area contributed by atoms with Crippen molar-refractivity contribution in [2.75, 3.05) is 0 Å². The van der Waals surface area contributed by atoms with Gasteiger partial charge in [-0.25, -0.2) is 4.98 Å². The molecule has 0 spiro atoms. The second kappa shape index (κ2) is 3.36. The van der Waals surface area contributed by atoms with E-state index in [9.17, 15) is 0 Å². The summed E-state index contributed by atoms with van der Waals surface area (Å²) < 4.78 is 2.01. The molecule has 1 heterocycles. The van der Waals surface area contributed by atoms with Gasteiger partial charge in [0.1, 0.15) is 5.15 Å². The fourth-order valence-corrected chi connectivity index (χ4v) is 1.82. The summed E-state index contributed by atoms with van der Waals surface area (Å²) in [4.78, 5) is 3.95. The second-order valence-corrected chi connectivity index (χ2v) is 4.13. The van der Waals surface area contributed by atoms with E-state index in [1.165, 1.54) is 0 Å². The number of halogens is 3. The van der Waals surface area contributed by atoms with Crippen molar-refractivity contribution in [2.45, 2.75) is 6.92 Å². The minimum absolute atomic E-state index is 0.571. The van der Waals surface area contributed by atoms with Crippen molar-refractivity contribution in [2.24, 2.45) is 0 Å². The summed E-state index contributed by atoms with van der Waals surface area (Å²) in [5.74, 6) is 0. The van der Waals surface area contributed by atoms with Crippen LogP contribution in [0.1, 0.15) is 5.56 Å². The Balaban J connectivity index is 3.34. The Bertz CT molecular complexity index is 237. The first kappa shape index (κ1) is 8.74. The van der Waals surface area contributed by atoms with E-state index in [1.54, 1.807) is 6.20 Å². The summed E-state index contributed by atoms with van der Waals surface area (Å²) in [5.41, 5.74) is 1.14. The van der Waals surface area contributed by atoms with E-state index in [2.05, 4.69) is 43.5 Å². The molecular formula is C6H4BrClIN. The van der Waals surface area contributed by atoms with E-state index in [0.29, 0.717) is 5.15 Å². The lowest BCUT2D eigenvalue weighted by Crippen LogP contribution is -1.86. The Morgan fingerprint density at radius 2 is 2.30 bits per heavy atom. The molecule has 0 fully saturated rings. The molecule has 0 aliphatic rings. The molecule has 0 saturated heterocycles. The SMILES string of the molecule is Cc1c(Br)cnc(Cl)c1I. The fraction of sp³-hybridized carbons (Fsp3) is 0.167. The summed E-state index contributed by atoms with van der Waals surface area (Å²) in [6.45, 7) is 2.00. The van der Waals surface area contributed by atoms with Gasteiger partial charge in [-0.15, -0.1) is 0 Å². The fourth-order valence-electron chi connectivity index (χ4n) is 0.526. The topological polar surface area (TPSA) is 12.9 Å². The predicted octanol–water partition coefficient (Wildman–Crippen LogP) is 3.41. The molecule has 4 heteroatoms. The molecule has 1 aromatic rings. The van der Waals surface area contributed by atoms with E-state index < -0.39 is 0 Å². The van der Waals surface area contributed by atoms with Crippen LogP contribution in [0.25, 0.3) is 0 Å². The molecule has 0 N–H and O–H groups in total. The zero-order chi connectivity index (χ0) is 7.72. The molecule has 54 valence electrons.